The first-order valence-electron chi connectivity index (χ1n) is 23.8. The standard InChI is InChI=1S/C54H79NO10/c1-15-16-17-18-19-20-21-22-23-24-25-26-27-28-29-30-33-55-39-35-38(62-47(57)51(2,3)4)36-42(64-49(59)53(8,9)10)43(39)45(56)46(65-50(60)54(11,12)13)44(55)37-31-32-40(41(34-37)61-14)63-48(58)52(5,6)7/h30-36H,15-29H2,1-14H3. The second kappa shape index (κ2) is 24.0. The predicted molar refractivity (Wildman–Crippen MR) is 261 cm³/mol. The van der Waals surface area contributed by atoms with Crippen LogP contribution in [0.15, 0.2) is 41.2 Å². The molecule has 0 radical (unpaired) electrons. The number of rotatable bonds is 22. The molecule has 65 heavy (non-hydrogen) atoms. The Hall–Kier alpha value is -4.93. The van der Waals surface area contributed by atoms with E-state index < -0.39 is 51.0 Å². The van der Waals surface area contributed by atoms with Crippen molar-refractivity contribution in [3.63, 3.8) is 0 Å². The van der Waals surface area contributed by atoms with Gasteiger partial charge in [0.15, 0.2) is 11.5 Å². The molecule has 1 heterocycles. The van der Waals surface area contributed by atoms with Crippen molar-refractivity contribution in [2.75, 3.05) is 7.11 Å². The number of ether oxygens (including phenoxy) is 5. The van der Waals surface area contributed by atoms with E-state index in [1.54, 1.807) is 118 Å². The van der Waals surface area contributed by atoms with Crippen LogP contribution in [0.4, 0.5) is 0 Å². The molecule has 0 unspecified atom stereocenters. The summed E-state index contributed by atoms with van der Waals surface area (Å²) in [5.41, 5.74) is -3.69. The van der Waals surface area contributed by atoms with Crippen LogP contribution in [0.3, 0.4) is 0 Å². The summed E-state index contributed by atoms with van der Waals surface area (Å²) in [6, 6.07) is 7.69. The molecular formula is C54H79NO10. The van der Waals surface area contributed by atoms with Crippen molar-refractivity contribution in [3.05, 3.63) is 46.6 Å². The van der Waals surface area contributed by atoms with Gasteiger partial charge in [-0.1, -0.05) is 96.5 Å². The Bertz CT molecular complexity index is 2180. The Labute approximate surface area is 389 Å². The fourth-order valence-corrected chi connectivity index (χ4v) is 6.65. The van der Waals surface area contributed by atoms with E-state index >= 15 is 4.79 Å². The Morgan fingerprint density at radius 1 is 0.538 bits per heavy atom. The second-order valence-electron chi connectivity index (χ2n) is 21.4. The molecule has 3 rings (SSSR count). The molecule has 2 aromatic carbocycles. The zero-order valence-corrected chi connectivity index (χ0v) is 42.2. The number of unbranched alkanes of at least 4 members (excludes halogenated alkanes) is 14. The fourth-order valence-electron chi connectivity index (χ4n) is 6.65. The van der Waals surface area contributed by atoms with Crippen LogP contribution in [0.5, 0.6) is 28.7 Å². The molecule has 360 valence electrons. The molecule has 0 bridgehead atoms. The number of hydrogen-bond acceptors (Lipinski definition) is 10. The quantitative estimate of drug-likeness (QED) is 0.0544. The highest BCUT2D eigenvalue weighted by Crippen LogP contribution is 2.42. The van der Waals surface area contributed by atoms with Crippen LogP contribution in [0, 0.1) is 21.7 Å². The van der Waals surface area contributed by atoms with Crippen LogP contribution >= 0.6 is 0 Å². The lowest BCUT2D eigenvalue weighted by Crippen LogP contribution is -2.29. The number of carbonyl (C=O) groups is 4. The summed E-state index contributed by atoms with van der Waals surface area (Å²) >= 11 is 0. The fraction of sp³-hybridized carbons (Fsp3) is 0.611. The van der Waals surface area contributed by atoms with Crippen molar-refractivity contribution in [2.45, 2.75) is 186 Å². The molecule has 0 aliphatic carbocycles. The predicted octanol–water partition coefficient (Wildman–Crippen LogP) is 13.8. The minimum atomic E-state index is -1.03. The number of carbonyl (C=O) groups excluding carboxylic acids is 4. The van der Waals surface area contributed by atoms with E-state index in [9.17, 15) is 19.2 Å². The zero-order valence-electron chi connectivity index (χ0n) is 42.2. The molecule has 0 atom stereocenters. The highest BCUT2D eigenvalue weighted by molar-refractivity contribution is 5.97. The van der Waals surface area contributed by atoms with Gasteiger partial charge in [-0.05, 0) is 114 Å². The van der Waals surface area contributed by atoms with Crippen molar-refractivity contribution >= 4 is 41.0 Å². The first-order valence-corrected chi connectivity index (χ1v) is 23.8. The highest BCUT2D eigenvalue weighted by Gasteiger charge is 2.33. The van der Waals surface area contributed by atoms with Crippen molar-refractivity contribution in [2.24, 2.45) is 21.7 Å². The van der Waals surface area contributed by atoms with Gasteiger partial charge < -0.3 is 28.3 Å². The molecule has 1 aromatic heterocycles. The lowest BCUT2D eigenvalue weighted by atomic mass is 9.97. The summed E-state index contributed by atoms with van der Waals surface area (Å²) in [4.78, 5) is 68.7. The Kier molecular flexibility index (Phi) is 20.1. The molecule has 0 spiro atoms. The molecule has 11 heteroatoms. The van der Waals surface area contributed by atoms with Gasteiger partial charge >= 0.3 is 23.9 Å². The number of aromatic nitrogens is 1. The van der Waals surface area contributed by atoms with Gasteiger partial charge in [0.2, 0.25) is 11.2 Å². The summed E-state index contributed by atoms with van der Waals surface area (Å²) < 4.78 is 31.2. The topological polar surface area (TPSA) is 136 Å². The molecule has 0 saturated heterocycles. The number of allylic oxidation sites excluding steroid dienone is 1. The number of nitrogens with zero attached hydrogens (tertiary/aromatic N) is 1. The maximum Gasteiger partial charge on any atom is 0.316 e. The van der Waals surface area contributed by atoms with E-state index in [4.69, 9.17) is 23.7 Å². The van der Waals surface area contributed by atoms with E-state index in [0.717, 1.165) is 19.3 Å². The summed E-state index contributed by atoms with van der Waals surface area (Å²) in [7, 11) is 1.43. The van der Waals surface area contributed by atoms with Crippen molar-refractivity contribution in [3.8, 4) is 40.0 Å². The summed E-state index contributed by atoms with van der Waals surface area (Å²) in [5.74, 6) is -2.46. The van der Waals surface area contributed by atoms with Crippen LogP contribution in [-0.4, -0.2) is 35.6 Å². The molecule has 0 amide bonds. The highest BCUT2D eigenvalue weighted by atomic mass is 16.6. The minimum absolute atomic E-state index is 0.0371. The largest absolute Gasteiger partial charge is 0.493 e. The van der Waals surface area contributed by atoms with E-state index in [1.165, 1.54) is 83.8 Å². The van der Waals surface area contributed by atoms with E-state index in [0.29, 0.717) is 12.0 Å². The molecule has 0 fully saturated rings. The Morgan fingerprint density at radius 3 is 1.46 bits per heavy atom. The smallest absolute Gasteiger partial charge is 0.316 e. The number of fused-ring (bicyclic) bond motifs is 1. The van der Waals surface area contributed by atoms with Crippen molar-refractivity contribution < 1.29 is 42.9 Å². The third kappa shape index (κ3) is 16.5. The summed E-state index contributed by atoms with van der Waals surface area (Å²) in [6.45, 7) is 22.7. The van der Waals surface area contributed by atoms with Crippen LogP contribution in [0.1, 0.15) is 186 Å². The third-order valence-corrected chi connectivity index (χ3v) is 10.9. The normalized spacial score (nSPS) is 12.4. The second-order valence-corrected chi connectivity index (χ2v) is 21.4. The van der Waals surface area contributed by atoms with Gasteiger partial charge in [0.1, 0.15) is 17.2 Å². The van der Waals surface area contributed by atoms with Gasteiger partial charge in [-0.3, -0.25) is 24.0 Å². The van der Waals surface area contributed by atoms with Crippen LogP contribution in [0.2, 0.25) is 0 Å². The van der Waals surface area contributed by atoms with Crippen molar-refractivity contribution in [1.82, 2.24) is 4.57 Å². The molecule has 0 N–H and O–H groups in total. The summed E-state index contributed by atoms with van der Waals surface area (Å²) in [5, 5.41) is -0.0672. The first kappa shape index (κ1) is 54.4. The van der Waals surface area contributed by atoms with Crippen LogP contribution in [0.25, 0.3) is 28.4 Å². The zero-order chi connectivity index (χ0) is 48.8. The molecule has 3 aromatic rings. The molecular weight excluding hydrogens is 823 g/mol. The first-order chi connectivity index (χ1) is 30.3. The monoisotopic (exact) mass is 902 g/mol. The molecule has 0 saturated carbocycles. The number of hydrogen-bond donors (Lipinski definition) is 0. The van der Waals surface area contributed by atoms with Gasteiger partial charge in [-0.15, -0.1) is 0 Å². The maximum atomic E-state index is 15.1. The van der Waals surface area contributed by atoms with Crippen LogP contribution < -0.4 is 29.1 Å². The number of methoxy groups -OCH3 is 1. The van der Waals surface area contributed by atoms with Gasteiger partial charge in [0, 0.05) is 23.9 Å². The Morgan fingerprint density at radius 2 is 0.985 bits per heavy atom. The Balaban J connectivity index is 2.23. The number of pyridine rings is 1. The van der Waals surface area contributed by atoms with Gasteiger partial charge in [0.25, 0.3) is 0 Å². The van der Waals surface area contributed by atoms with E-state index in [2.05, 4.69) is 6.92 Å². The van der Waals surface area contributed by atoms with E-state index in [-0.39, 0.29) is 45.3 Å². The van der Waals surface area contributed by atoms with Gasteiger partial charge in [-0.25, -0.2) is 0 Å². The molecule has 0 aliphatic heterocycles. The van der Waals surface area contributed by atoms with Crippen LogP contribution in [-0.2, 0) is 19.2 Å². The van der Waals surface area contributed by atoms with Crippen molar-refractivity contribution in [1.29, 1.82) is 0 Å². The number of benzene rings is 2. The average Bonchev–Trinajstić information content (AvgIpc) is 3.20. The summed E-state index contributed by atoms with van der Waals surface area (Å²) in [6.07, 6.45) is 21.9. The molecule has 0 aliphatic rings. The SMILES string of the molecule is CCCCCCCCCCCCCCCCC=Cn1c(-c2ccc(OC(=O)C(C)(C)C)c(OC)c2)c(OC(=O)C(C)(C)C)c(=O)c2c(OC(=O)C(C)(C)C)cc(OC(=O)C(C)(C)C)cc21. The van der Waals surface area contributed by atoms with Gasteiger partial charge in [-0.2, -0.15) is 0 Å². The maximum absolute atomic E-state index is 15.1. The van der Waals surface area contributed by atoms with E-state index in [1.807, 2.05) is 6.08 Å². The lowest BCUT2D eigenvalue weighted by molar-refractivity contribution is -0.144. The van der Waals surface area contributed by atoms with Gasteiger partial charge in [0.05, 0.1) is 39.7 Å². The molecule has 11 nitrogen and oxygen atoms in total. The number of esters is 4. The third-order valence-electron chi connectivity index (χ3n) is 10.9. The average molecular weight is 902 g/mol. The minimum Gasteiger partial charge on any atom is -0.493 e. The lowest BCUT2D eigenvalue weighted by Gasteiger charge is -2.24.